The fraction of sp³-hybridized carbons (Fsp3) is 0.449. The Kier molecular flexibility index (Phi) is 15.4. The molecule has 0 aromatic heterocycles. The normalized spacial score (nSPS) is 22.4. The van der Waals surface area contributed by atoms with Crippen LogP contribution in [0.15, 0.2) is 84.9 Å². The van der Waals surface area contributed by atoms with Crippen LogP contribution in [0.5, 0.6) is 11.5 Å². The molecule has 0 saturated carbocycles. The highest BCUT2D eigenvalue weighted by molar-refractivity contribution is 6.01. The highest BCUT2D eigenvalue weighted by Crippen LogP contribution is 2.48. The van der Waals surface area contributed by atoms with Gasteiger partial charge in [-0.1, -0.05) is 61.4 Å². The predicted octanol–water partition coefficient (Wildman–Crippen LogP) is 7.55. The van der Waals surface area contributed by atoms with E-state index in [0.29, 0.717) is 85.7 Å². The molecule has 0 amide bonds. The van der Waals surface area contributed by atoms with E-state index in [1.807, 2.05) is 0 Å². The summed E-state index contributed by atoms with van der Waals surface area (Å²) >= 11 is 0. The van der Waals surface area contributed by atoms with E-state index in [2.05, 4.69) is 9.80 Å². The van der Waals surface area contributed by atoms with Crippen LogP contribution in [0.3, 0.4) is 0 Å². The fourth-order valence-electron chi connectivity index (χ4n) is 9.84. The number of likely N-dealkylation sites (tertiary alicyclic amines) is 2. The van der Waals surface area contributed by atoms with Crippen LogP contribution in [-0.4, -0.2) is 89.7 Å². The summed E-state index contributed by atoms with van der Waals surface area (Å²) in [6.45, 7) is 6.86. The molecule has 4 aromatic rings. The predicted molar refractivity (Wildman–Crippen MR) is 230 cm³/mol. The Morgan fingerprint density at radius 3 is 1.33 bits per heavy atom. The van der Waals surface area contributed by atoms with Gasteiger partial charge in [0.25, 0.3) is 0 Å². The zero-order valence-corrected chi connectivity index (χ0v) is 34.9. The zero-order valence-electron chi connectivity index (χ0n) is 34.9. The summed E-state index contributed by atoms with van der Waals surface area (Å²) in [7, 11) is 0. The molecule has 2 saturated heterocycles. The van der Waals surface area contributed by atoms with Crippen LogP contribution in [0.1, 0.15) is 93.3 Å². The molecule has 9 nitrogen and oxygen atoms in total. The third kappa shape index (κ3) is 10.2. The minimum absolute atomic E-state index is 0.0640. The number of ketones is 3. The average Bonchev–Trinajstić information content (AvgIpc) is 3.24. The number of Topliss-reactive ketones (excluding diaryl/α,β-unsaturated/α-hetero) is 3. The van der Waals surface area contributed by atoms with E-state index in [0.717, 1.165) is 38.5 Å². The molecule has 0 radical (unpaired) electrons. The van der Waals surface area contributed by atoms with E-state index in [1.54, 1.807) is 62.4 Å². The number of carbonyl (C=O) groups is 3. The number of halogens is 2. The summed E-state index contributed by atoms with van der Waals surface area (Å²) in [4.78, 5) is 50.1. The maximum Gasteiger partial charge on any atom is 0.167 e. The van der Waals surface area contributed by atoms with Crippen molar-refractivity contribution in [3.63, 3.8) is 0 Å². The molecule has 0 aliphatic carbocycles. The topological polar surface area (TPSA) is 150 Å². The van der Waals surface area contributed by atoms with Crippen LogP contribution < -0.4 is 11.5 Å². The third-order valence-corrected chi connectivity index (χ3v) is 12.9. The highest BCUT2D eigenvalue weighted by Gasteiger charge is 2.51. The Morgan fingerprint density at radius 1 is 0.567 bits per heavy atom. The van der Waals surface area contributed by atoms with Gasteiger partial charge in [-0.05, 0) is 124 Å². The van der Waals surface area contributed by atoms with Gasteiger partial charge in [-0.25, -0.2) is 8.78 Å². The SMILES string of the molecule is Cc1c(F)cccc1C1C(C(=O)c2cccc(O)c2)CN(CCCCCN)CC1C(=O)C1CN(CCCCCN)CC(C(=O)c2cccc(O)c2)C1c1cccc(F)c1C. The monoisotopic (exact) mass is 822 g/mol. The number of piperidine rings is 2. The maximum absolute atomic E-state index is 16.1. The van der Waals surface area contributed by atoms with Crippen molar-refractivity contribution >= 4 is 17.3 Å². The first-order valence-electron chi connectivity index (χ1n) is 21.5. The lowest BCUT2D eigenvalue weighted by atomic mass is 9.62. The minimum atomic E-state index is -0.824. The maximum atomic E-state index is 16.1. The van der Waals surface area contributed by atoms with Crippen molar-refractivity contribution in [1.29, 1.82) is 0 Å². The largest absolute Gasteiger partial charge is 0.508 e. The van der Waals surface area contributed by atoms with E-state index in [4.69, 9.17) is 11.5 Å². The van der Waals surface area contributed by atoms with E-state index in [1.165, 1.54) is 36.4 Å². The van der Waals surface area contributed by atoms with Gasteiger partial charge >= 0.3 is 0 Å². The summed E-state index contributed by atoms with van der Waals surface area (Å²) in [5.41, 5.74) is 14.1. The van der Waals surface area contributed by atoms with Gasteiger partial charge in [0.2, 0.25) is 0 Å². The van der Waals surface area contributed by atoms with Gasteiger partial charge in [0.15, 0.2) is 11.6 Å². The molecule has 2 fully saturated rings. The average molecular weight is 823 g/mol. The fourth-order valence-corrected chi connectivity index (χ4v) is 9.84. The molecule has 6 N–H and O–H groups in total. The van der Waals surface area contributed by atoms with E-state index >= 15 is 13.6 Å². The molecular weight excluding hydrogens is 763 g/mol. The van der Waals surface area contributed by atoms with Crippen molar-refractivity contribution in [2.75, 3.05) is 52.4 Å². The summed E-state index contributed by atoms with van der Waals surface area (Å²) in [6, 6.07) is 22.0. The number of hydrogen-bond acceptors (Lipinski definition) is 9. The van der Waals surface area contributed by atoms with Gasteiger partial charge in [0, 0.05) is 72.8 Å². The minimum Gasteiger partial charge on any atom is -0.508 e. The number of hydrogen-bond donors (Lipinski definition) is 4. The molecule has 0 bridgehead atoms. The van der Waals surface area contributed by atoms with Crippen LogP contribution in [0.25, 0.3) is 0 Å². The Hall–Kier alpha value is -4.81. The first-order valence-corrected chi connectivity index (χ1v) is 21.5. The van der Waals surface area contributed by atoms with Crippen LogP contribution >= 0.6 is 0 Å². The number of unbranched alkanes of at least 4 members (excludes halogenated alkanes) is 4. The van der Waals surface area contributed by atoms with Crippen LogP contribution in [0.2, 0.25) is 0 Å². The van der Waals surface area contributed by atoms with Gasteiger partial charge in [0.05, 0.1) is 0 Å². The van der Waals surface area contributed by atoms with Crippen LogP contribution in [0, 0.1) is 49.2 Å². The number of benzene rings is 4. The molecule has 6 atom stereocenters. The molecule has 0 spiro atoms. The molecule has 11 heteroatoms. The quantitative estimate of drug-likeness (QED) is 0.0590. The van der Waals surface area contributed by atoms with E-state index in [9.17, 15) is 19.8 Å². The van der Waals surface area contributed by atoms with Gasteiger partial charge in [-0.2, -0.15) is 0 Å². The van der Waals surface area contributed by atoms with Crippen molar-refractivity contribution in [2.45, 2.75) is 64.2 Å². The molecule has 2 heterocycles. The zero-order chi connectivity index (χ0) is 42.9. The van der Waals surface area contributed by atoms with Gasteiger partial charge < -0.3 is 31.5 Å². The molecule has 6 rings (SSSR count). The van der Waals surface area contributed by atoms with Crippen molar-refractivity contribution in [1.82, 2.24) is 9.80 Å². The summed E-state index contributed by atoms with van der Waals surface area (Å²) in [5.74, 6) is -6.45. The number of rotatable bonds is 18. The van der Waals surface area contributed by atoms with Crippen molar-refractivity contribution < 1.29 is 33.4 Å². The Bertz CT molecular complexity index is 1980. The van der Waals surface area contributed by atoms with E-state index in [-0.39, 0.29) is 28.8 Å². The van der Waals surface area contributed by atoms with Crippen LogP contribution in [-0.2, 0) is 4.79 Å². The van der Waals surface area contributed by atoms with E-state index < -0.39 is 47.1 Å². The van der Waals surface area contributed by atoms with Gasteiger partial charge in [-0.15, -0.1) is 0 Å². The van der Waals surface area contributed by atoms with Crippen LogP contribution in [0.4, 0.5) is 8.78 Å². The summed E-state index contributed by atoms with van der Waals surface area (Å²) in [5, 5.41) is 20.9. The lowest BCUT2D eigenvalue weighted by Crippen LogP contribution is -2.56. The standard InChI is InChI=1S/C49H60F2N4O5/c1-31-37(17-11-19-43(31)50)45-39(47(58)33-13-9-15-35(56)25-33)27-54(23-7-3-5-21-52)29-41(45)49(60)42-30-55(24-8-4-6-22-53)28-40(48(59)34-14-10-16-36(57)26-34)46(42)38-18-12-20-44(51)32(38)2/h9-20,25-26,39-42,45-46,56-57H,3-8,21-24,27-30,52-53H2,1-2H3. The molecule has 60 heavy (non-hydrogen) atoms. The second-order valence-corrected chi connectivity index (χ2v) is 16.8. The van der Waals surface area contributed by atoms with Crippen molar-refractivity contribution in [3.8, 4) is 11.5 Å². The molecule has 2 aliphatic heterocycles. The number of phenolic OH excluding ortho intramolecular Hbond substituents is 2. The molecule has 320 valence electrons. The Morgan fingerprint density at radius 2 is 0.950 bits per heavy atom. The number of nitrogens with two attached hydrogens (primary N) is 2. The van der Waals surface area contributed by atoms with Crippen molar-refractivity contribution in [3.05, 3.63) is 130 Å². The number of nitrogens with zero attached hydrogens (tertiary/aromatic N) is 2. The van der Waals surface area contributed by atoms with Gasteiger partial charge in [0.1, 0.15) is 28.9 Å². The lowest BCUT2D eigenvalue weighted by Gasteiger charge is -2.48. The molecule has 2 aliphatic rings. The smallest absolute Gasteiger partial charge is 0.167 e. The number of carbonyl (C=O) groups excluding carboxylic acids is 3. The second kappa shape index (κ2) is 20.6. The summed E-state index contributed by atoms with van der Waals surface area (Å²) in [6.07, 6.45) is 4.98. The third-order valence-electron chi connectivity index (χ3n) is 12.9. The summed E-state index contributed by atoms with van der Waals surface area (Å²) < 4.78 is 31.3. The van der Waals surface area contributed by atoms with Gasteiger partial charge in [-0.3, -0.25) is 14.4 Å². The first kappa shape index (κ1) is 44.7. The molecule has 4 aromatic carbocycles. The highest BCUT2D eigenvalue weighted by atomic mass is 19.1. The Labute approximate surface area is 352 Å². The van der Waals surface area contributed by atoms with Crippen molar-refractivity contribution in [2.24, 2.45) is 35.1 Å². The molecule has 6 unspecified atom stereocenters. The second-order valence-electron chi connectivity index (χ2n) is 16.8. The number of phenols is 2. The number of aromatic hydroxyl groups is 2. The first-order chi connectivity index (χ1) is 28.9. The Balaban J connectivity index is 1.53. The molecular formula is C49H60F2N4O5. The lowest BCUT2D eigenvalue weighted by molar-refractivity contribution is -0.133.